The van der Waals surface area contributed by atoms with E-state index in [0.29, 0.717) is 12.2 Å². The molecule has 3 rings (SSSR count). The lowest BCUT2D eigenvalue weighted by Gasteiger charge is -2.01. The van der Waals surface area contributed by atoms with Gasteiger partial charge in [-0.3, -0.25) is 9.13 Å². The van der Waals surface area contributed by atoms with E-state index in [-0.39, 0.29) is 5.69 Å². The number of aromatic nitrogens is 4. The zero-order valence-corrected chi connectivity index (χ0v) is 9.95. The Bertz CT molecular complexity index is 743. The van der Waals surface area contributed by atoms with Crippen LogP contribution in [0, 0.1) is 0 Å². The number of para-hydroxylation sites is 1. The zero-order chi connectivity index (χ0) is 12.5. The molecule has 0 aliphatic heterocycles. The van der Waals surface area contributed by atoms with Gasteiger partial charge in [-0.1, -0.05) is 18.2 Å². The number of hydrogen-bond donors (Lipinski definition) is 0. The molecule has 0 fully saturated rings. The van der Waals surface area contributed by atoms with Gasteiger partial charge in [-0.2, -0.15) is 0 Å². The van der Waals surface area contributed by atoms with Gasteiger partial charge in [0.2, 0.25) is 0 Å². The average molecular weight is 240 g/mol. The lowest BCUT2D eigenvalue weighted by molar-refractivity contribution is 0.727. The second-order valence-corrected chi connectivity index (χ2v) is 3.93. The highest BCUT2D eigenvalue weighted by Gasteiger charge is 2.13. The Kier molecular flexibility index (Phi) is 2.44. The molecule has 2 heterocycles. The molecule has 2 aromatic heterocycles. The van der Waals surface area contributed by atoms with Gasteiger partial charge in [-0.25, -0.2) is 14.8 Å². The maximum Gasteiger partial charge on any atom is 0.334 e. The Hall–Kier alpha value is -2.43. The SMILES string of the molecule is CCn1c(=O)n(-c2ccccc2)c2cncnc21. The van der Waals surface area contributed by atoms with Crippen molar-refractivity contribution in [3.63, 3.8) is 0 Å². The first-order valence-electron chi connectivity index (χ1n) is 5.79. The van der Waals surface area contributed by atoms with Gasteiger partial charge in [-0.15, -0.1) is 0 Å². The van der Waals surface area contributed by atoms with Crippen molar-refractivity contribution < 1.29 is 0 Å². The van der Waals surface area contributed by atoms with Gasteiger partial charge in [-0.05, 0) is 19.1 Å². The molecule has 5 heteroatoms. The molecule has 0 amide bonds. The van der Waals surface area contributed by atoms with E-state index < -0.39 is 0 Å². The van der Waals surface area contributed by atoms with Crippen molar-refractivity contribution in [3.05, 3.63) is 53.3 Å². The molecule has 0 unspecified atom stereocenters. The monoisotopic (exact) mass is 240 g/mol. The van der Waals surface area contributed by atoms with Crippen LogP contribution >= 0.6 is 0 Å². The molecule has 0 spiro atoms. The van der Waals surface area contributed by atoms with Crippen LogP contribution in [0.2, 0.25) is 0 Å². The van der Waals surface area contributed by atoms with E-state index in [9.17, 15) is 4.79 Å². The Morgan fingerprint density at radius 2 is 2.00 bits per heavy atom. The maximum atomic E-state index is 12.4. The van der Waals surface area contributed by atoms with Gasteiger partial charge in [0.15, 0.2) is 5.65 Å². The maximum absolute atomic E-state index is 12.4. The molecule has 0 aliphatic rings. The standard InChI is InChI=1S/C13H12N4O/c1-2-16-12-11(8-14-9-15-12)17(13(16)18)10-6-4-3-5-7-10/h3-9H,2H2,1H3. The van der Waals surface area contributed by atoms with Crippen molar-refractivity contribution in [1.82, 2.24) is 19.1 Å². The summed E-state index contributed by atoms with van der Waals surface area (Å²) in [4.78, 5) is 20.6. The summed E-state index contributed by atoms with van der Waals surface area (Å²) in [5, 5.41) is 0. The first kappa shape index (κ1) is 10.7. The Morgan fingerprint density at radius 1 is 1.22 bits per heavy atom. The molecule has 0 radical (unpaired) electrons. The van der Waals surface area contributed by atoms with Crippen LogP contribution in [0.25, 0.3) is 16.9 Å². The third-order valence-corrected chi connectivity index (χ3v) is 2.92. The predicted molar refractivity (Wildman–Crippen MR) is 68.8 cm³/mol. The summed E-state index contributed by atoms with van der Waals surface area (Å²) in [6.07, 6.45) is 3.13. The van der Waals surface area contributed by atoms with Crippen LogP contribution in [-0.4, -0.2) is 19.1 Å². The normalized spacial score (nSPS) is 10.9. The Labute approximate surface area is 103 Å². The molecule has 0 atom stereocenters. The molecule has 0 bridgehead atoms. The highest BCUT2D eigenvalue weighted by Crippen LogP contribution is 2.14. The quantitative estimate of drug-likeness (QED) is 0.683. The fourth-order valence-corrected chi connectivity index (χ4v) is 2.11. The second-order valence-electron chi connectivity index (χ2n) is 3.93. The predicted octanol–water partition coefficient (Wildman–Crippen LogP) is 1.60. The van der Waals surface area contributed by atoms with Crippen molar-refractivity contribution in [2.45, 2.75) is 13.5 Å². The zero-order valence-electron chi connectivity index (χ0n) is 9.95. The minimum atomic E-state index is -0.0841. The molecule has 0 saturated heterocycles. The largest absolute Gasteiger partial charge is 0.334 e. The van der Waals surface area contributed by atoms with E-state index in [1.165, 1.54) is 6.33 Å². The number of fused-ring (bicyclic) bond motifs is 1. The van der Waals surface area contributed by atoms with Crippen molar-refractivity contribution in [2.75, 3.05) is 0 Å². The first-order chi connectivity index (χ1) is 8.83. The lowest BCUT2D eigenvalue weighted by atomic mass is 10.3. The fraction of sp³-hybridized carbons (Fsp3) is 0.154. The van der Waals surface area contributed by atoms with E-state index in [2.05, 4.69) is 9.97 Å². The van der Waals surface area contributed by atoms with Gasteiger partial charge in [0, 0.05) is 6.54 Å². The third-order valence-electron chi connectivity index (χ3n) is 2.92. The number of imidazole rings is 1. The summed E-state index contributed by atoms with van der Waals surface area (Å²) in [6.45, 7) is 2.52. The van der Waals surface area contributed by atoms with Crippen LogP contribution in [0.15, 0.2) is 47.7 Å². The lowest BCUT2D eigenvalue weighted by Crippen LogP contribution is -2.22. The van der Waals surface area contributed by atoms with Crippen molar-refractivity contribution >= 4 is 11.2 Å². The summed E-state index contributed by atoms with van der Waals surface area (Å²) in [7, 11) is 0. The third kappa shape index (κ3) is 1.44. The molecule has 90 valence electrons. The highest BCUT2D eigenvalue weighted by atomic mass is 16.1. The highest BCUT2D eigenvalue weighted by molar-refractivity contribution is 5.72. The van der Waals surface area contributed by atoms with Crippen LogP contribution < -0.4 is 5.69 Å². The van der Waals surface area contributed by atoms with Gasteiger partial charge in [0.1, 0.15) is 11.8 Å². The summed E-state index contributed by atoms with van der Waals surface area (Å²) >= 11 is 0. The van der Waals surface area contributed by atoms with Gasteiger partial charge >= 0.3 is 5.69 Å². The van der Waals surface area contributed by atoms with Crippen LogP contribution in [0.1, 0.15) is 6.92 Å². The molecule has 5 nitrogen and oxygen atoms in total. The minimum Gasteiger partial charge on any atom is -0.276 e. The molecule has 0 aliphatic carbocycles. The van der Waals surface area contributed by atoms with Gasteiger partial charge in [0.25, 0.3) is 0 Å². The second kappa shape index (κ2) is 4.10. The number of hydrogen-bond acceptors (Lipinski definition) is 3. The summed E-state index contributed by atoms with van der Waals surface area (Å²) in [6, 6.07) is 9.52. The Morgan fingerprint density at radius 3 is 2.72 bits per heavy atom. The number of rotatable bonds is 2. The average Bonchev–Trinajstić information content (AvgIpc) is 2.71. The van der Waals surface area contributed by atoms with E-state index in [1.807, 2.05) is 37.3 Å². The topological polar surface area (TPSA) is 52.7 Å². The van der Waals surface area contributed by atoms with Gasteiger partial charge in [0.05, 0.1) is 11.9 Å². The molecular formula is C13H12N4O. The molecular weight excluding hydrogens is 228 g/mol. The molecule has 1 aromatic carbocycles. The van der Waals surface area contributed by atoms with E-state index in [1.54, 1.807) is 15.3 Å². The van der Waals surface area contributed by atoms with Crippen LogP contribution in [0.5, 0.6) is 0 Å². The van der Waals surface area contributed by atoms with Crippen molar-refractivity contribution in [2.24, 2.45) is 0 Å². The van der Waals surface area contributed by atoms with Gasteiger partial charge < -0.3 is 0 Å². The molecule has 3 aromatic rings. The number of benzene rings is 1. The van der Waals surface area contributed by atoms with Crippen molar-refractivity contribution in [1.29, 1.82) is 0 Å². The van der Waals surface area contributed by atoms with E-state index in [4.69, 9.17) is 0 Å². The smallest absolute Gasteiger partial charge is 0.276 e. The van der Waals surface area contributed by atoms with Crippen LogP contribution in [0.3, 0.4) is 0 Å². The number of nitrogens with zero attached hydrogens (tertiary/aromatic N) is 4. The van der Waals surface area contributed by atoms with E-state index >= 15 is 0 Å². The van der Waals surface area contributed by atoms with E-state index in [0.717, 1.165) is 11.2 Å². The van der Waals surface area contributed by atoms with Crippen molar-refractivity contribution in [3.8, 4) is 5.69 Å². The summed E-state index contributed by atoms with van der Waals surface area (Å²) in [5.41, 5.74) is 2.14. The fourth-order valence-electron chi connectivity index (χ4n) is 2.11. The molecule has 0 saturated carbocycles. The van der Waals surface area contributed by atoms with Crippen LogP contribution in [0.4, 0.5) is 0 Å². The van der Waals surface area contributed by atoms with Crippen LogP contribution in [-0.2, 0) is 6.54 Å². The summed E-state index contributed by atoms with van der Waals surface area (Å²) < 4.78 is 3.28. The molecule has 18 heavy (non-hydrogen) atoms. The number of aryl methyl sites for hydroxylation is 1. The minimum absolute atomic E-state index is 0.0841. The Balaban J connectivity index is 2.43. The molecule has 0 N–H and O–H groups in total. The first-order valence-corrected chi connectivity index (χ1v) is 5.79. The summed E-state index contributed by atoms with van der Waals surface area (Å²) in [5.74, 6) is 0.